The second-order valence-electron chi connectivity index (χ2n) is 7.90. The SMILES string of the molecule is CCOc1ccc2c(c1)c(Cl)c(CN1CCN(C)CC1)n2S(=O)(=O)c1ccc(OC)cc1. The van der Waals surface area contributed by atoms with E-state index in [1.807, 2.05) is 13.0 Å². The summed E-state index contributed by atoms with van der Waals surface area (Å²) in [7, 11) is -0.252. The van der Waals surface area contributed by atoms with Crippen LogP contribution in [0.2, 0.25) is 5.02 Å². The zero-order chi connectivity index (χ0) is 22.9. The van der Waals surface area contributed by atoms with E-state index in [0.29, 0.717) is 46.3 Å². The molecule has 32 heavy (non-hydrogen) atoms. The third-order valence-corrected chi connectivity index (χ3v) is 7.99. The standard InChI is InChI=1S/C23H28ClN3O4S/c1-4-31-18-7-10-21-20(15-18)23(24)22(16-26-13-11-25(2)12-14-26)27(21)32(28,29)19-8-5-17(30-3)6-9-19/h5-10,15H,4,11-14,16H2,1-3H3. The first kappa shape index (κ1) is 22.9. The summed E-state index contributed by atoms with van der Waals surface area (Å²) >= 11 is 6.83. The number of halogens is 1. The van der Waals surface area contributed by atoms with Crippen LogP contribution >= 0.6 is 11.6 Å². The zero-order valence-corrected chi connectivity index (χ0v) is 20.1. The minimum atomic E-state index is -3.89. The van der Waals surface area contributed by atoms with Gasteiger partial charge >= 0.3 is 0 Å². The van der Waals surface area contributed by atoms with Gasteiger partial charge in [0, 0.05) is 38.1 Å². The van der Waals surface area contributed by atoms with Gasteiger partial charge in [-0.3, -0.25) is 4.90 Å². The molecule has 0 aliphatic carbocycles. The second kappa shape index (κ2) is 9.31. The van der Waals surface area contributed by atoms with Crippen molar-refractivity contribution in [1.82, 2.24) is 13.8 Å². The molecule has 4 rings (SSSR count). The average molecular weight is 478 g/mol. The van der Waals surface area contributed by atoms with E-state index < -0.39 is 10.0 Å². The monoisotopic (exact) mass is 477 g/mol. The molecule has 9 heteroatoms. The van der Waals surface area contributed by atoms with Gasteiger partial charge in [0.25, 0.3) is 10.0 Å². The molecular weight excluding hydrogens is 450 g/mol. The minimum absolute atomic E-state index is 0.181. The molecule has 0 amide bonds. The first-order valence-electron chi connectivity index (χ1n) is 10.6. The Morgan fingerprint density at radius 2 is 1.66 bits per heavy atom. The Bertz CT molecular complexity index is 1200. The molecule has 2 heterocycles. The largest absolute Gasteiger partial charge is 0.497 e. The Kier molecular flexibility index (Phi) is 6.67. The minimum Gasteiger partial charge on any atom is -0.497 e. The van der Waals surface area contributed by atoms with Crippen LogP contribution in [0, 0.1) is 0 Å². The summed E-state index contributed by atoms with van der Waals surface area (Å²) in [6.07, 6.45) is 0. The summed E-state index contributed by atoms with van der Waals surface area (Å²) in [5, 5.41) is 1.11. The molecule has 3 aromatic rings. The highest BCUT2D eigenvalue weighted by atomic mass is 35.5. The van der Waals surface area contributed by atoms with Crippen molar-refractivity contribution in [3.63, 3.8) is 0 Å². The average Bonchev–Trinajstić information content (AvgIpc) is 3.07. The number of hydrogen-bond acceptors (Lipinski definition) is 6. The van der Waals surface area contributed by atoms with E-state index in [1.165, 1.54) is 3.97 Å². The molecule has 0 N–H and O–H groups in total. The Balaban J connectivity index is 1.86. The number of hydrogen-bond donors (Lipinski definition) is 0. The van der Waals surface area contributed by atoms with Gasteiger partial charge in [0.2, 0.25) is 0 Å². The lowest BCUT2D eigenvalue weighted by molar-refractivity contribution is 0.147. The zero-order valence-electron chi connectivity index (χ0n) is 18.5. The number of piperazine rings is 1. The van der Waals surface area contributed by atoms with Crippen LogP contribution in [-0.4, -0.2) is 69.1 Å². The van der Waals surface area contributed by atoms with E-state index in [2.05, 4.69) is 16.8 Å². The van der Waals surface area contributed by atoms with Gasteiger partial charge in [-0.25, -0.2) is 12.4 Å². The molecule has 1 fully saturated rings. The van der Waals surface area contributed by atoms with Gasteiger partial charge in [-0.05, 0) is 56.4 Å². The van der Waals surface area contributed by atoms with Gasteiger partial charge in [0.05, 0.1) is 34.8 Å². The van der Waals surface area contributed by atoms with Crippen LogP contribution in [0.3, 0.4) is 0 Å². The maximum Gasteiger partial charge on any atom is 0.268 e. The summed E-state index contributed by atoms with van der Waals surface area (Å²) in [5.41, 5.74) is 1.11. The van der Waals surface area contributed by atoms with Crippen molar-refractivity contribution in [2.75, 3.05) is 46.9 Å². The van der Waals surface area contributed by atoms with Crippen LogP contribution in [0.1, 0.15) is 12.6 Å². The fourth-order valence-corrected chi connectivity index (χ4v) is 5.89. The van der Waals surface area contributed by atoms with Gasteiger partial charge in [-0.1, -0.05) is 11.6 Å². The molecule has 0 bridgehead atoms. The molecule has 0 spiro atoms. The van der Waals surface area contributed by atoms with Crippen molar-refractivity contribution >= 4 is 32.5 Å². The molecule has 0 unspecified atom stereocenters. The van der Waals surface area contributed by atoms with Gasteiger partial charge in [0.15, 0.2) is 0 Å². The first-order valence-corrected chi connectivity index (χ1v) is 12.4. The van der Waals surface area contributed by atoms with Crippen LogP contribution in [0.4, 0.5) is 0 Å². The van der Waals surface area contributed by atoms with E-state index >= 15 is 0 Å². The lowest BCUT2D eigenvalue weighted by Crippen LogP contribution is -2.44. The van der Waals surface area contributed by atoms with Crippen molar-refractivity contribution in [2.24, 2.45) is 0 Å². The van der Waals surface area contributed by atoms with Gasteiger partial charge in [0.1, 0.15) is 11.5 Å². The molecule has 0 radical (unpaired) electrons. The van der Waals surface area contributed by atoms with Crippen LogP contribution in [0.5, 0.6) is 11.5 Å². The Morgan fingerprint density at radius 3 is 2.28 bits per heavy atom. The van der Waals surface area contributed by atoms with Gasteiger partial charge in [-0.2, -0.15) is 0 Å². The number of aromatic nitrogens is 1. The number of methoxy groups -OCH3 is 1. The van der Waals surface area contributed by atoms with E-state index in [9.17, 15) is 8.42 Å². The van der Waals surface area contributed by atoms with Gasteiger partial charge < -0.3 is 14.4 Å². The molecular formula is C23H28ClN3O4S. The smallest absolute Gasteiger partial charge is 0.268 e. The van der Waals surface area contributed by atoms with Crippen molar-refractivity contribution in [1.29, 1.82) is 0 Å². The predicted octanol–water partition coefficient (Wildman–Crippen LogP) is 3.69. The molecule has 0 saturated carbocycles. The number of benzene rings is 2. The highest BCUT2D eigenvalue weighted by Gasteiger charge is 2.28. The Labute approximate surface area is 194 Å². The number of rotatable bonds is 7. The summed E-state index contributed by atoms with van der Waals surface area (Å²) in [6.45, 7) is 6.42. The van der Waals surface area contributed by atoms with E-state index in [1.54, 1.807) is 43.5 Å². The van der Waals surface area contributed by atoms with Crippen molar-refractivity contribution < 1.29 is 17.9 Å². The summed E-state index contributed by atoms with van der Waals surface area (Å²) < 4.78 is 39.8. The van der Waals surface area contributed by atoms with Crippen molar-refractivity contribution in [3.05, 3.63) is 53.2 Å². The fourth-order valence-electron chi connectivity index (χ4n) is 3.99. The molecule has 1 saturated heterocycles. The number of ether oxygens (including phenoxy) is 2. The number of nitrogens with zero attached hydrogens (tertiary/aromatic N) is 3. The fraction of sp³-hybridized carbons (Fsp3) is 0.391. The van der Waals surface area contributed by atoms with Gasteiger partial charge in [-0.15, -0.1) is 0 Å². The van der Waals surface area contributed by atoms with E-state index in [4.69, 9.17) is 21.1 Å². The van der Waals surface area contributed by atoms with Crippen LogP contribution in [-0.2, 0) is 16.6 Å². The van der Waals surface area contributed by atoms with Crippen molar-refractivity contribution in [2.45, 2.75) is 18.4 Å². The highest BCUT2D eigenvalue weighted by Crippen LogP contribution is 2.37. The van der Waals surface area contributed by atoms with Crippen LogP contribution in [0.25, 0.3) is 10.9 Å². The molecule has 1 aliphatic heterocycles. The quantitative estimate of drug-likeness (QED) is 0.517. The predicted molar refractivity (Wildman–Crippen MR) is 126 cm³/mol. The van der Waals surface area contributed by atoms with E-state index in [0.717, 1.165) is 26.2 Å². The maximum absolute atomic E-state index is 13.8. The highest BCUT2D eigenvalue weighted by molar-refractivity contribution is 7.90. The molecule has 0 atom stereocenters. The maximum atomic E-state index is 13.8. The Hall–Kier alpha value is -2.26. The molecule has 7 nitrogen and oxygen atoms in total. The first-order chi connectivity index (χ1) is 15.3. The van der Waals surface area contributed by atoms with E-state index in [-0.39, 0.29) is 4.90 Å². The lowest BCUT2D eigenvalue weighted by atomic mass is 10.2. The number of fused-ring (bicyclic) bond motifs is 1. The normalized spacial score (nSPS) is 15.9. The summed E-state index contributed by atoms with van der Waals surface area (Å²) in [5.74, 6) is 1.26. The van der Waals surface area contributed by atoms with Crippen LogP contribution < -0.4 is 9.47 Å². The molecule has 2 aromatic carbocycles. The van der Waals surface area contributed by atoms with Crippen LogP contribution in [0.15, 0.2) is 47.4 Å². The molecule has 1 aliphatic rings. The molecule has 172 valence electrons. The third kappa shape index (κ3) is 4.32. The molecule has 1 aromatic heterocycles. The van der Waals surface area contributed by atoms with Crippen molar-refractivity contribution in [3.8, 4) is 11.5 Å². The summed E-state index contributed by atoms with van der Waals surface area (Å²) in [6, 6.07) is 11.8. The Morgan fingerprint density at radius 1 is 1.00 bits per heavy atom. The number of likely N-dealkylation sites (N-methyl/N-ethyl adjacent to an activating group) is 1. The lowest BCUT2D eigenvalue weighted by Gasteiger charge is -2.32. The third-order valence-electron chi connectivity index (χ3n) is 5.80. The summed E-state index contributed by atoms with van der Waals surface area (Å²) in [4.78, 5) is 4.68. The topological polar surface area (TPSA) is 64.0 Å². The second-order valence-corrected chi connectivity index (χ2v) is 10.1.